The van der Waals surface area contributed by atoms with Crippen molar-refractivity contribution >= 4 is 32.6 Å². The molecule has 0 aromatic carbocycles. The molecule has 0 aliphatic heterocycles. The predicted molar refractivity (Wildman–Crippen MR) is 120 cm³/mol. The Balaban J connectivity index is 3.02. The average molecular weight is 448 g/mol. The van der Waals surface area contributed by atoms with Crippen molar-refractivity contribution in [1.29, 1.82) is 0 Å². The second kappa shape index (κ2) is 7.74. The molecule has 5 heteroatoms. The zero-order valence-corrected chi connectivity index (χ0v) is 21.6. The molecular formula is C20H39BrO2Si2. The standard InChI is InChI=1S/C20H39BrO2Si2/c1-15-16(14-21)12-17(22-24(8,9)19(2,3)4)13-18(15)23-25(10,11)20(5,6)7/h14,17-18H,1,12-13H2,2-11H3/t17-,18+/m1/s1. The van der Waals surface area contributed by atoms with Crippen molar-refractivity contribution in [2.75, 3.05) is 0 Å². The van der Waals surface area contributed by atoms with Crippen molar-refractivity contribution in [1.82, 2.24) is 0 Å². The predicted octanol–water partition coefficient (Wildman–Crippen LogP) is 7.40. The second-order valence-electron chi connectivity index (χ2n) is 10.5. The number of hydrogen-bond donors (Lipinski definition) is 0. The van der Waals surface area contributed by atoms with Crippen molar-refractivity contribution in [2.24, 2.45) is 0 Å². The summed E-state index contributed by atoms with van der Waals surface area (Å²) in [4.78, 5) is 2.01. The maximum Gasteiger partial charge on any atom is 0.192 e. The van der Waals surface area contributed by atoms with Crippen molar-refractivity contribution in [3.05, 3.63) is 22.7 Å². The maximum absolute atomic E-state index is 6.73. The Morgan fingerprint density at radius 2 is 1.40 bits per heavy atom. The van der Waals surface area contributed by atoms with Gasteiger partial charge in [0.05, 0.1) is 12.2 Å². The highest BCUT2D eigenvalue weighted by molar-refractivity contribution is 9.11. The van der Waals surface area contributed by atoms with Crippen molar-refractivity contribution in [2.45, 2.75) is 103 Å². The molecule has 0 N–H and O–H groups in total. The van der Waals surface area contributed by atoms with E-state index in [0.717, 1.165) is 18.4 Å². The van der Waals surface area contributed by atoms with Gasteiger partial charge >= 0.3 is 0 Å². The van der Waals surface area contributed by atoms with E-state index in [1.807, 2.05) is 4.99 Å². The zero-order chi connectivity index (χ0) is 19.8. The largest absolute Gasteiger partial charge is 0.413 e. The molecule has 0 unspecified atom stereocenters. The van der Waals surface area contributed by atoms with Crippen LogP contribution < -0.4 is 0 Å². The summed E-state index contributed by atoms with van der Waals surface area (Å²) >= 11 is 3.53. The van der Waals surface area contributed by atoms with E-state index in [4.69, 9.17) is 8.85 Å². The van der Waals surface area contributed by atoms with E-state index in [1.165, 1.54) is 5.57 Å². The fourth-order valence-corrected chi connectivity index (χ4v) is 5.65. The van der Waals surface area contributed by atoms with E-state index < -0.39 is 16.6 Å². The van der Waals surface area contributed by atoms with Crippen LogP contribution >= 0.6 is 15.9 Å². The van der Waals surface area contributed by atoms with Gasteiger partial charge in [-0.2, -0.15) is 0 Å². The first-order valence-corrected chi connectivity index (χ1v) is 16.1. The lowest BCUT2D eigenvalue weighted by molar-refractivity contribution is 0.0971. The van der Waals surface area contributed by atoms with Gasteiger partial charge in [-0.25, -0.2) is 0 Å². The molecule has 0 amide bonds. The normalized spacial score (nSPS) is 25.6. The van der Waals surface area contributed by atoms with Gasteiger partial charge in [-0.1, -0.05) is 64.1 Å². The first-order chi connectivity index (χ1) is 11.0. The maximum atomic E-state index is 6.73. The molecule has 25 heavy (non-hydrogen) atoms. The average Bonchev–Trinajstić information content (AvgIpc) is 2.38. The molecule has 2 atom stereocenters. The summed E-state index contributed by atoms with van der Waals surface area (Å²) in [5.41, 5.74) is 2.36. The summed E-state index contributed by atoms with van der Waals surface area (Å²) in [6.45, 7) is 27.4. The molecule has 2 nitrogen and oxygen atoms in total. The summed E-state index contributed by atoms with van der Waals surface area (Å²) in [6, 6.07) is 0. The monoisotopic (exact) mass is 446 g/mol. The van der Waals surface area contributed by atoms with Crippen LogP contribution in [0.1, 0.15) is 54.4 Å². The van der Waals surface area contributed by atoms with Gasteiger partial charge in [-0.3, -0.25) is 0 Å². The van der Waals surface area contributed by atoms with E-state index in [1.54, 1.807) is 0 Å². The Morgan fingerprint density at radius 3 is 1.80 bits per heavy atom. The second-order valence-corrected chi connectivity index (χ2v) is 20.4. The summed E-state index contributed by atoms with van der Waals surface area (Å²) in [5.74, 6) is 0. The van der Waals surface area contributed by atoms with Crippen LogP contribution in [-0.4, -0.2) is 28.8 Å². The van der Waals surface area contributed by atoms with E-state index in [2.05, 4.69) is 90.2 Å². The molecule has 1 fully saturated rings. The fraction of sp³-hybridized carbons (Fsp3) is 0.800. The van der Waals surface area contributed by atoms with Crippen molar-refractivity contribution in [3.8, 4) is 0 Å². The number of halogens is 1. The van der Waals surface area contributed by atoms with Crippen LogP contribution in [0.25, 0.3) is 0 Å². The summed E-state index contributed by atoms with van der Waals surface area (Å²) in [5, 5.41) is 0.411. The summed E-state index contributed by atoms with van der Waals surface area (Å²) in [7, 11) is -3.65. The summed E-state index contributed by atoms with van der Waals surface area (Å²) < 4.78 is 13.5. The van der Waals surface area contributed by atoms with Crippen LogP contribution in [0.3, 0.4) is 0 Å². The Morgan fingerprint density at radius 1 is 0.960 bits per heavy atom. The minimum atomic E-state index is -1.85. The van der Waals surface area contributed by atoms with Crippen LogP contribution in [0.4, 0.5) is 0 Å². The molecule has 146 valence electrons. The van der Waals surface area contributed by atoms with Gasteiger partial charge in [0.25, 0.3) is 0 Å². The van der Waals surface area contributed by atoms with Gasteiger partial charge in [-0.05, 0) is 58.8 Å². The quantitative estimate of drug-likeness (QED) is 0.418. The van der Waals surface area contributed by atoms with E-state index in [-0.39, 0.29) is 22.3 Å². The van der Waals surface area contributed by atoms with Gasteiger partial charge < -0.3 is 8.85 Å². The third kappa shape index (κ3) is 5.64. The smallest absolute Gasteiger partial charge is 0.192 e. The molecular weight excluding hydrogens is 408 g/mol. The molecule has 1 aliphatic carbocycles. The highest BCUT2D eigenvalue weighted by Crippen LogP contribution is 2.44. The SMILES string of the molecule is C=C1C(=CBr)C[C@@H](O[Si](C)(C)C(C)(C)C)C[C@@H]1O[Si](C)(C)C(C)(C)C. The molecule has 1 aliphatic rings. The van der Waals surface area contributed by atoms with Gasteiger partial charge in [-0.15, -0.1) is 0 Å². The van der Waals surface area contributed by atoms with Gasteiger partial charge in [0.2, 0.25) is 0 Å². The highest BCUT2D eigenvalue weighted by Gasteiger charge is 2.44. The Kier molecular flexibility index (Phi) is 7.23. The van der Waals surface area contributed by atoms with Crippen LogP contribution in [0, 0.1) is 0 Å². The molecule has 0 spiro atoms. The van der Waals surface area contributed by atoms with Gasteiger partial charge in [0.1, 0.15) is 0 Å². The minimum Gasteiger partial charge on any atom is -0.413 e. The Hall–Kier alpha value is 0.314. The molecule has 1 rings (SSSR count). The number of rotatable bonds is 4. The first-order valence-electron chi connectivity index (χ1n) is 9.36. The number of hydrogen-bond acceptors (Lipinski definition) is 2. The molecule has 0 bridgehead atoms. The first kappa shape index (κ1) is 23.4. The molecule has 0 aromatic rings. The lowest BCUT2D eigenvalue weighted by atomic mass is 9.87. The van der Waals surface area contributed by atoms with E-state index in [0.29, 0.717) is 0 Å². The van der Waals surface area contributed by atoms with Crippen LogP contribution in [0.5, 0.6) is 0 Å². The lowest BCUT2D eigenvalue weighted by Gasteiger charge is -2.45. The molecule has 0 saturated heterocycles. The Labute approximate surface area is 166 Å². The van der Waals surface area contributed by atoms with Crippen molar-refractivity contribution in [3.63, 3.8) is 0 Å². The molecule has 0 radical (unpaired) electrons. The third-order valence-corrected chi connectivity index (χ3v) is 15.9. The fourth-order valence-electron chi connectivity index (χ4n) is 2.50. The van der Waals surface area contributed by atoms with Crippen LogP contribution in [0.2, 0.25) is 36.3 Å². The molecule has 0 aromatic heterocycles. The molecule has 1 saturated carbocycles. The zero-order valence-electron chi connectivity index (χ0n) is 18.0. The highest BCUT2D eigenvalue weighted by atomic mass is 79.9. The van der Waals surface area contributed by atoms with E-state index in [9.17, 15) is 0 Å². The Bertz CT molecular complexity index is 525. The third-order valence-electron chi connectivity index (χ3n) is 6.37. The topological polar surface area (TPSA) is 18.5 Å². The molecule has 0 heterocycles. The van der Waals surface area contributed by atoms with Crippen molar-refractivity contribution < 1.29 is 8.85 Å². The van der Waals surface area contributed by atoms with E-state index >= 15 is 0 Å². The summed E-state index contributed by atoms with van der Waals surface area (Å²) in [6.07, 6.45) is 2.12. The van der Waals surface area contributed by atoms with Crippen LogP contribution in [0.15, 0.2) is 22.7 Å². The van der Waals surface area contributed by atoms with Crippen LogP contribution in [-0.2, 0) is 8.85 Å². The minimum absolute atomic E-state index is 0.0632. The van der Waals surface area contributed by atoms with Gasteiger partial charge in [0.15, 0.2) is 16.6 Å². The van der Waals surface area contributed by atoms with Gasteiger partial charge in [0, 0.05) is 6.42 Å². The lowest BCUT2D eigenvalue weighted by Crippen LogP contribution is -2.49.